The van der Waals surface area contributed by atoms with Crippen molar-refractivity contribution in [2.75, 3.05) is 19.9 Å². The highest BCUT2D eigenvalue weighted by Gasteiger charge is 2.28. The van der Waals surface area contributed by atoms with Gasteiger partial charge in [0, 0.05) is 18.7 Å². The molecule has 7 nitrogen and oxygen atoms in total. The number of fused-ring (bicyclic) bond motifs is 2. The Morgan fingerprint density at radius 1 is 1.11 bits per heavy atom. The number of aliphatic hydroxyl groups excluding tert-OH is 1. The van der Waals surface area contributed by atoms with Crippen LogP contribution in [0, 0.1) is 0 Å². The zero-order chi connectivity index (χ0) is 18.8. The largest absolute Gasteiger partial charge is 0.454 e. The molecule has 4 rings (SSSR count). The molecule has 2 aliphatic rings. The summed E-state index contributed by atoms with van der Waals surface area (Å²) in [6.07, 6.45) is 0.760. The highest BCUT2D eigenvalue weighted by Crippen LogP contribution is 2.32. The Bertz CT molecular complexity index is 882. The average molecular weight is 368 g/mol. The summed E-state index contributed by atoms with van der Waals surface area (Å²) in [5, 5.41) is 12.3. The first-order valence-corrected chi connectivity index (χ1v) is 8.82. The maximum atomic E-state index is 12.8. The molecule has 1 unspecified atom stereocenters. The fourth-order valence-electron chi connectivity index (χ4n) is 3.37. The van der Waals surface area contributed by atoms with Gasteiger partial charge in [-0.3, -0.25) is 9.59 Å². The number of hydrogen-bond donors (Lipinski definition) is 2. The van der Waals surface area contributed by atoms with Gasteiger partial charge in [-0.1, -0.05) is 24.3 Å². The molecule has 2 amide bonds. The molecule has 7 heteroatoms. The van der Waals surface area contributed by atoms with Crippen LogP contribution in [0.15, 0.2) is 42.5 Å². The van der Waals surface area contributed by atoms with Gasteiger partial charge in [0.15, 0.2) is 11.5 Å². The van der Waals surface area contributed by atoms with E-state index in [-0.39, 0.29) is 12.7 Å². The first kappa shape index (κ1) is 17.4. The van der Waals surface area contributed by atoms with Gasteiger partial charge in [-0.25, -0.2) is 0 Å². The molecule has 0 fully saturated rings. The topological polar surface area (TPSA) is 88.1 Å². The first-order chi connectivity index (χ1) is 13.2. The number of benzene rings is 2. The number of amides is 2. The highest BCUT2D eigenvalue weighted by atomic mass is 16.7. The third-order valence-corrected chi connectivity index (χ3v) is 4.86. The maximum absolute atomic E-state index is 12.8. The SMILES string of the molecule is O=C(NC(CO)C(=O)N1CCc2ccccc2C1)c1ccc2c(c1)OCO2. The van der Waals surface area contributed by atoms with Crippen molar-refractivity contribution in [1.29, 1.82) is 0 Å². The van der Waals surface area contributed by atoms with Crippen LogP contribution < -0.4 is 14.8 Å². The first-order valence-electron chi connectivity index (χ1n) is 8.82. The predicted molar refractivity (Wildman–Crippen MR) is 96.5 cm³/mol. The number of nitrogens with one attached hydrogen (secondary N) is 1. The zero-order valence-corrected chi connectivity index (χ0v) is 14.7. The molecular formula is C20H20N2O5. The van der Waals surface area contributed by atoms with Crippen LogP contribution in [-0.2, 0) is 17.8 Å². The van der Waals surface area contributed by atoms with E-state index in [4.69, 9.17) is 9.47 Å². The molecule has 2 aliphatic heterocycles. The Hall–Kier alpha value is -3.06. The van der Waals surface area contributed by atoms with Crippen LogP contribution >= 0.6 is 0 Å². The van der Waals surface area contributed by atoms with Crippen LogP contribution in [0.4, 0.5) is 0 Å². The second-order valence-electron chi connectivity index (χ2n) is 6.56. The summed E-state index contributed by atoms with van der Waals surface area (Å²) in [5.41, 5.74) is 2.66. The van der Waals surface area contributed by atoms with Crippen molar-refractivity contribution in [2.45, 2.75) is 19.0 Å². The van der Waals surface area contributed by atoms with Gasteiger partial charge in [-0.05, 0) is 35.7 Å². The summed E-state index contributed by atoms with van der Waals surface area (Å²) in [5.74, 6) is 0.328. The Morgan fingerprint density at radius 2 is 1.89 bits per heavy atom. The summed E-state index contributed by atoms with van der Waals surface area (Å²) < 4.78 is 10.5. The summed E-state index contributed by atoms with van der Waals surface area (Å²) in [4.78, 5) is 27.0. The van der Waals surface area contributed by atoms with Crippen molar-refractivity contribution >= 4 is 11.8 Å². The van der Waals surface area contributed by atoms with Gasteiger partial charge in [0.1, 0.15) is 6.04 Å². The van der Waals surface area contributed by atoms with Crippen molar-refractivity contribution in [1.82, 2.24) is 10.2 Å². The molecule has 0 saturated heterocycles. The third kappa shape index (κ3) is 3.46. The van der Waals surface area contributed by atoms with E-state index in [0.29, 0.717) is 30.2 Å². The van der Waals surface area contributed by atoms with E-state index in [1.807, 2.05) is 18.2 Å². The fourth-order valence-corrected chi connectivity index (χ4v) is 3.37. The maximum Gasteiger partial charge on any atom is 0.252 e. The zero-order valence-electron chi connectivity index (χ0n) is 14.7. The van der Waals surface area contributed by atoms with Gasteiger partial charge in [0.2, 0.25) is 12.7 Å². The lowest BCUT2D eigenvalue weighted by atomic mass is 9.99. The smallest absolute Gasteiger partial charge is 0.252 e. The van der Waals surface area contributed by atoms with Crippen molar-refractivity contribution < 1.29 is 24.2 Å². The van der Waals surface area contributed by atoms with Crippen molar-refractivity contribution in [3.05, 3.63) is 59.2 Å². The molecular weight excluding hydrogens is 348 g/mol. The van der Waals surface area contributed by atoms with Gasteiger partial charge >= 0.3 is 0 Å². The number of carbonyl (C=O) groups is 2. The highest BCUT2D eigenvalue weighted by molar-refractivity contribution is 5.98. The molecule has 0 bridgehead atoms. The monoisotopic (exact) mass is 368 g/mol. The lowest BCUT2D eigenvalue weighted by Gasteiger charge is -2.31. The molecule has 0 aromatic heterocycles. The summed E-state index contributed by atoms with van der Waals surface area (Å²) in [6.45, 7) is 0.694. The molecule has 0 aliphatic carbocycles. The van der Waals surface area contributed by atoms with Gasteiger partial charge in [0.25, 0.3) is 5.91 Å². The third-order valence-electron chi connectivity index (χ3n) is 4.86. The fraction of sp³-hybridized carbons (Fsp3) is 0.300. The van der Waals surface area contributed by atoms with Gasteiger partial charge < -0.3 is 24.8 Å². The van der Waals surface area contributed by atoms with Crippen LogP contribution in [0.3, 0.4) is 0 Å². The minimum Gasteiger partial charge on any atom is -0.454 e. The predicted octanol–water partition coefficient (Wildman–Crippen LogP) is 1.09. The number of nitrogens with zero attached hydrogens (tertiary/aromatic N) is 1. The van der Waals surface area contributed by atoms with E-state index in [1.54, 1.807) is 23.1 Å². The molecule has 0 spiro atoms. The summed E-state index contributed by atoms with van der Waals surface area (Å²) in [7, 11) is 0. The van der Waals surface area contributed by atoms with Crippen LogP contribution in [-0.4, -0.2) is 47.8 Å². The van der Waals surface area contributed by atoms with E-state index in [1.165, 1.54) is 5.56 Å². The normalized spacial score (nSPS) is 15.8. The van der Waals surface area contributed by atoms with E-state index in [2.05, 4.69) is 11.4 Å². The molecule has 140 valence electrons. The Balaban J connectivity index is 1.44. The van der Waals surface area contributed by atoms with Crippen LogP contribution in [0.5, 0.6) is 11.5 Å². The molecule has 0 saturated carbocycles. The van der Waals surface area contributed by atoms with Crippen LogP contribution in [0.25, 0.3) is 0 Å². The Morgan fingerprint density at radius 3 is 2.70 bits per heavy atom. The van der Waals surface area contributed by atoms with E-state index in [0.717, 1.165) is 12.0 Å². The lowest BCUT2D eigenvalue weighted by Crippen LogP contribution is -2.51. The van der Waals surface area contributed by atoms with Crippen molar-refractivity contribution in [2.24, 2.45) is 0 Å². The Labute approximate surface area is 156 Å². The minimum atomic E-state index is -0.992. The summed E-state index contributed by atoms with van der Waals surface area (Å²) >= 11 is 0. The number of carbonyl (C=O) groups excluding carboxylic acids is 2. The molecule has 2 heterocycles. The van der Waals surface area contributed by atoms with Gasteiger partial charge in [-0.2, -0.15) is 0 Å². The van der Waals surface area contributed by atoms with E-state index >= 15 is 0 Å². The van der Waals surface area contributed by atoms with Crippen LogP contribution in [0.1, 0.15) is 21.5 Å². The second kappa shape index (κ2) is 7.28. The average Bonchev–Trinajstić information content (AvgIpc) is 3.18. The quantitative estimate of drug-likeness (QED) is 0.844. The number of rotatable bonds is 4. The second-order valence-corrected chi connectivity index (χ2v) is 6.56. The van der Waals surface area contributed by atoms with Crippen molar-refractivity contribution in [3.63, 3.8) is 0 Å². The molecule has 27 heavy (non-hydrogen) atoms. The Kier molecular flexibility index (Phi) is 4.68. The molecule has 2 aromatic carbocycles. The van der Waals surface area contributed by atoms with E-state index in [9.17, 15) is 14.7 Å². The molecule has 2 aromatic rings. The standard InChI is InChI=1S/C20H20N2O5/c23-11-16(20(25)22-8-7-13-3-1-2-4-15(13)10-22)21-19(24)14-5-6-17-18(9-14)27-12-26-17/h1-6,9,16,23H,7-8,10-12H2,(H,21,24). The molecule has 2 N–H and O–H groups in total. The van der Waals surface area contributed by atoms with Gasteiger partial charge in [0.05, 0.1) is 6.61 Å². The number of aliphatic hydroxyl groups is 1. The molecule has 0 radical (unpaired) electrons. The number of hydrogen-bond acceptors (Lipinski definition) is 5. The number of ether oxygens (including phenoxy) is 2. The van der Waals surface area contributed by atoms with E-state index < -0.39 is 18.6 Å². The van der Waals surface area contributed by atoms with Crippen molar-refractivity contribution in [3.8, 4) is 11.5 Å². The summed E-state index contributed by atoms with van der Waals surface area (Å²) in [6, 6.07) is 11.8. The lowest BCUT2D eigenvalue weighted by molar-refractivity contribution is -0.135. The minimum absolute atomic E-state index is 0.120. The van der Waals surface area contributed by atoms with Crippen LogP contribution in [0.2, 0.25) is 0 Å². The van der Waals surface area contributed by atoms with Gasteiger partial charge in [-0.15, -0.1) is 0 Å². The molecule has 1 atom stereocenters.